The molecule has 0 amide bonds. The van der Waals surface area contributed by atoms with Gasteiger partial charge in [0.25, 0.3) is 0 Å². The van der Waals surface area contributed by atoms with E-state index < -0.39 is 17.9 Å². The summed E-state index contributed by atoms with van der Waals surface area (Å²) in [4.78, 5) is 0. The molecule has 12 heavy (non-hydrogen) atoms. The molecule has 0 aliphatic rings. The topological polar surface area (TPSA) is 9.23 Å². The largest absolute Gasteiger partial charge is 0.573 e. The maximum Gasteiger partial charge on any atom is 0.573 e. The molecule has 1 nitrogen and oxygen atoms in total. The second-order valence-corrected chi connectivity index (χ2v) is 1.98. The molecule has 0 bridgehead atoms. The Morgan fingerprint density at radius 3 is 2.17 bits per heavy atom. The number of halogens is 4. The minimum atomic E-state index is -4.85. The van der Waals surface area contributed by atoms with Gasteiger partial charge in [-0.05, 0) is 12.1 Å². The fourth-order valence-electron chi connectivity index (χ4n) is 0.652. The maximum absolute atomic E-state index is 12.5. The molecule has 0 saturated heterocycles. The number of hydrogen-bond acceptors (Lipinski definition) is 1. The van der Waals surface area contributed by atoms with E-state index in [9.17, 15) is 17.6 Å². The van der Waals surface area contributed by atoms with Crippen LogP contribution >= 0.6 is 0 Å². The van der Waals surface area contributed by atoms with Crippen molar-refractivity contribution in [3.8, 4) is 5.75 Å². The summed E-state index contributed by atoms with van der Waals surface area (Å²) in [6.45, 7) is 0. The van der Waals surface area contributed by atoms with Gasteiger partial charge in [-0.1, -0.05) is 12.1 Å². The van der Waals surface area contributed by atoms with Gasteiger partial charge in [0.05, 0.1) is 0 Å². The fourth-order valence-corrected chi connectivity index (χ4v) is 0.652. The molecule has 0 atom stereocenters. The number of hydrogen-bond donors (Lipinski definition) is 0. The molecule has 0 heterocycles. The number of rotatable bonds is 1. The SMILES string of the molecule is Fc1ccccc1OC(F)(F)F. The van der Waals surface area contributed by atoms with Gasteiger partial charge in [-0.3, -0.25) is 0 Å². The Morgan fingerprint density at radius 2 is 1.67 bits per heavy atom. The van der Waals surface area contributed by atoms with Crippen molar-refractivity contribution in [1.82, 2.24) is 0 Å². The van der Waals surface area contributed by atoms with Crippen LogP contribution in [0.25, 0.3) is 0 Å². The van der Waals surface area contributed by atoms with Crippen molar-refractivity contribution in [3.05, 3.63) is 30.1 Å². The lowest BCUT2D eigenvalue weighted by Crippen LogP contribution is -2.17. The number of benzene rings is 1. The van der Waals surface area contributed by atoms with E-state index in [1.807, 2.05) is 0 Å². The first-order valence-electron chi connectivity index (χ1n) is 2.99. The molecule has 1 aromatic rings. The molecular formula is C7H4F4O. The normalized spacial score (nSPS) is 11.3. The van der Waals surface area contributed by atoms with E-state index in [0.717, 1.165) is 12.1 Å². The Kier molecular flexibility index (Phi) is 2.21. The molecule has 0 saturated carbocycles. The van der Waals surface area contributed by atoms with Crippen molar-refractivity contribution in [3.63, 3.8) is 0 Å². The number of para-hydroxylation sites is 1. The van der Waals surface area contributed by atoms with E-state index in [1.54, 1.807) is 0 Å². The summed E-state index contributed by atoms with van der Waals surface area (Å²) in [5.74, 6) is -1.85. The first-order chi connectivity index (χ1) is 5.49. The van der Waals surface area contributed by atoms with Crippen molar-refractivity contribution in [1.29, 1.82) is 0 Å². The van der Waals surface area contributed by atoms with E-state index in [2.05, 4.69) is 4.74 Å². The van der Waals surface area contributed by atoms with Crippen LogP contribution in [0.4, 0.5) is 17.6 Å². The van der Waals surface area contributed by atoms with Crippen LogP contribution < -0.4 is 4.74 Å². The summed E-state index contributed by atoms with van der Waals surface area (Å²) >= 11 is 0. The maximum atomic E-state index is 12.5. The molecule has 5 heteroatoms. The molecular weight excluding hydrogens is 176 g/mol. The minimum absolute atomic E-state index is 0.815. The zero-order valence-corrected chi connectivity index (χ0v) is 5.73. The average molecular weight is 180 g/mol. The smallest absolute Gasteiger partial charge is 0.403 e. The van der Waals surface area contributed by atoms with Gasteiger partial charge in [-0.25, -0.2) is 4.39 Å². The third-order valence-corrected chi connectivity index (χ3v) is 1.06. The molecule has 0 aliphatic heterocycles. The third-order valence-electron chi connectivity index (χ3n) is 1.06. The quantitative estimate of drug-likeness (QED) is 0.603. The zero-order chi connectivity index (χ0) is 9.19. The van der Waals surface area contributed by atoms with Gasteiger partial charge in [0, 0.05) is 0 Å². The van der Waals surface area contributed by atoms with Crippen LogP contribution in [-0.2, 0) is 0 Å². The van der Waals surface area contributed by atoms with E-state index in [0.29, 0.717) is 0 Å². The third kappa shape index (κ3) is 2.41. The highest BCUT2D eigenvalue weighted by Crippen LogP contribution is 2.24. The van der Waals surface area contributed by atoms with Crippen LogP contribution in [0.3, 0.4) is 0 Å². The second kappa shape index (κ2) is 3.00. The average Bonchev–Trinajstić information content (AvgIpc) is 1.91. The van der Waals surface area contributed by atoms with Gasteiger partial charge in [-0.15, -0.1) is 13.2 Å². The van der Waals surface area contributed by atoms with Gasteiger partial charge < -0.3 is 4.74 Å². The summed E-state index contributed by atoms with van der Waals surface area (Å²) in [6.07, 6.45) is -4.85. The monoisotopic (exact) mass is 180 g/mol. The van der Waals surface area contributed by atoms with Gasteiger partial charge in [0.2, 0.25) is 0 Å². The summed E-state index contributed by atoms with van der Waals surface area (Å²) in [5.41, 5.74) is 0. The van der Waals surface area contributed by atoms with Gasteiger partial charge in [-0.2, -0.15) is 0 Å². The van der Waals surface area contributed by atoms with Crippen LogP contribution in [0.15, 0.2) is 24.3 Å². The van der Waals surface area contributed by atoms with Crippen LogP contribution in [0.1, 0.15) is 0 Å². The van der Waals surface area contributed by atoms with Crippen molar-refractivity contribution in [2.24, 2.45) is 0 Å². The molecule has 66 valence electrons. The molecule has 0 unspecified atom stereocenters. The van der Waals surface area contributed by atoms with Gasteiger partial charge in [0.15, 0.2) is 11.6 Å². The van der Waals surface area contributed by atoms with Crippen LogP contribution in [0, 0.1) is 5.82 Å². The lowest BCUT2D eigenvalue weighted by atomic mass is 10.3. The van der Waals surface area contributed by atoms with E-state index in [4.69, 9.17) is 0 Å². The van der Waals surface area contributed by atoms with Crippen molar-refractivity contribution in [2.45, 2.75) is 6.36 Å². The highest BCUT2D eigenvalue weighted by molar-refractivity contribution is 5.23. The van der Waals surface area contributed by atoms with Crippen LogP contribution in [0.5, 0.6) is 5.75 Å². The van der Waals surface area contributed by atoms with Gasteiger partial charge >= 0.3 is 6.36 Å². The first kappa shape index (κ1) is 8.83. The van der Waals surface area contributed by atoms with E-state index in [-0.39, 0.29) is 0 Å². The van der Waals surface area contributed by atoms with Crippen molar-refractivity contribution < 1.29 is 22.3 Å². The molecule has 0 aromatic heterocycles. The molecule has 0 fully saturated rings. The highest BCUT2D eigenvalue weighted by atomic mass is 19.4. The molecule has 0 spiro atoms. The van der Waals surface area contributed by atoms with Crippen molar-refractivity contribution >= 4 is 0 Å². The number of alkyl halides is 3. The Labute approximate surface area is 65.6 Å². The molecule has 1 rings (SSSR count). The standard InChI is InChI=1S/C7H4F4O/c8-5-3-1-2-4-6(5)12-7(9,10)11/h1-4H. The molecule has 0 N–H and O–H groups in total. The van der Waals surface area contributed by atoms with E-state index in [1.165, 1.54) is 12.1 Å². The zero-order valence-electron chi connectivity index (χ0n) is 5.73. The van der Waals surface area contributed by atoms with Crippen LogP contribution in [0.2, 0.25) is 0 Å². The van der Waals surface area contributed by atoms with Gasteiger partial charge in [0.1, 0.15) is 0 Å². The second-order valence-electron chi connectivity index (χ2n) is 1.98. The predicted molar refractivity (Wildman–Crippen MR) is 33.1 cm³/mol. The molecule has 0 aliphatic carbocycles. The highest BCUT2D eigenvalue weighted by Gasteiger charge is 2.32. The first-order valence-corrected chi connectivity index (χ1v) is 2.99. The van der Waals surface area contributed by atoms with Crippen molar-refractivity contribution in [2.75, 3.05) is 0 Å². The Morgan fingerprint density at radius 1 is 1.08 bits per heavy atom. The minimum Gasteiger partial charge on any atom is -0.403 e. The predicted octanol–water partition coefficient (Wildman–Crippen LogP) is 2.72. The lowest BCUT2D eigenvalue weighted by molar-refractivity contribution is -0.275. The molecule has 0 radical (unpaired) electrons. The Hall–Kier alpha value is -1.26. The number of ether oxygens (including phenoxy) is 1. The summed E-state index contributed by atoms with van der Waals surface area (Å²) in [7, 11) is 0. The van der Waals surface area contributed by atoms with Crippen LogP contribution in [-0.4, -0.2) is 6.36 Å². The lowest BCUT2D eigenvalue weighted by Gasteiger charge is -2.08. The Bertz CT molecular complexity index is 268. The molecule has 1 aromatic carbocycles. The Balaban J connectivity index is 2.83. The fraction of sp³-hybridized carbons (Fsp3) is 0.143. The summed E-state index contributed by atoms with van der Waals surface area (Å²) in [5, 5.41) is 0. The van der Waals surface area contributed by atoms with E-state index >= 15 is 0 Å². The summed E-state index contributed by atoms with van der Waals surface area (Å²) in [6, 6.07) is 4.33. The summed E-state index contributed by atoms with van der Waals surface area (Å²) < 4.78 is 50.4.